The van der Waals surface area contributed by atoms with Gasteiger partial charge in [-0.25, -0.2) is 0 Å². The van der Waals surface area contributed by atoms with Gasteiger partial charge in [0, 0.05) is 0 Å². The van der Waals surface area contributed by atoms with Crippen LogP contribution in [0.25, 0.3) is 0 Å². The molecule has 1 atom stereocenters. The zero-order valence-electron chi connectivity index (χ0n) is 7.07. The quantitative estimate of drug-likeness (QED) is 0.466. The molecule has 0 N–H and O–H groups in total. The number of likely N-dealkylation sites (tertiary alicyclic amines) is 1. The summed E-state index contributed by atoms with van der Waals surface area (Å²) in [6.45, 7) is 0.0842. The van der Waals surface area contributed by atoms with Gasteiger partial charge in [0.15, 0.2) is 0 Å². The molecule has 0 aromatic carbocycles. The fourth-order valence-corrected chi connectivity index (χ4v) is 1.79. The highest BCUT2D eigenvalue weighted by Crippen LogP contribution is 2.26. The van der Waals surface area contributed by atoms with Gasteiger partial charge < -0.3 is 9.64 Å². The molecule has 0 aromatic rings. The van der Waals surface area contributed by atoms with Crippen LogP contribution in [0, 0.1) is 0 Å². The van der Waals surface area contributed by atoms with Crippen LogP contribution in [0.1, 0.15) is 6.42 Å². The van der Waals surface area contributed by atoms with E-state index in [-0.39, 0.29) is 23.8 Å². The summed E-state index contributed by atoms with van der Waals surface area (Å²) in [5.41, 5.74) is 0. The van der Waals surface area contributed by atoms with Crippen molar-refractivity contribution in [2.45, 2.75) is 11.8 Å². The van der Waals surface area contributed by atoms with Gasteiger partial charge in [0.25, 0.3) is 0 Å². The molecule has 5 heteroatoms. The first-order chi connectivity index (χ1) is 5.69. The van der Waals surface area contributed by atoms with Crippen molar-refractivity contribution in [3.63, 3.8) is 0 Å². The number of methoxy groups -OCH3 is 1. The first-order valence-corrected chi connectivity index (χ1v) is 4.87. The Balaban J connectivity index is 2.40. The highest BCUT2D eigenvalue weighted by molar-refractivity contribution is 7.99. The van der Waals surface area contributed by atoms with Gasteiger partial charge in [0.05, 0.1) is 18.9 Å². The minimum absolute atomic E-state index is 0.0275. The van der Waals surface area contributed by atoms with E-state index in [0.717, 1.165) is 0 Å². The number of amides is 1. The van der Waals surface area contributed by atoms with Gasteiger partial charge in [0.1, 0.15) is 6.54 Å². The van der Waals surface area contributed by atoms with Crippen molar-refractivity contribution in [3.8, 4) is 0 Å². The maximum Gasteiger partial charge on any atom is 0.325 e. The van der Waals surface area contributed by atoms with Gasteiger partial charge in [-0.2, -0.15) is 0 Å². The van der Waals surface area contributed by atoms with Crippen LogP contribution in [0.4, 0.5) is 0 Å². The van der Waals surface area contributed by atoms with E-state index >= 15 is 0 Å². The number of hydrogen-bond donors (Lipinski definition) is 0. The maximum absolute atomic E-state index is 11.0. The van der Waals surface area contributed by atoms with Crippen LogP contribution in [0.3, 0.4) is 0 Å². The highest BCUT2D eigenvalue weighted by Gasteiger charge is 2.36. The van der Waals surface area contributed by atoms with E-state index in [1.807, 2.05) is 6.26 Å². The van der Waals surface area contributed by atoms with E-state index in [4.69, 9.17) is 0 Å². The molecule has 68 valence electrons. The summed E-state index contributed by atoms with van der Waals surface area (Å²) >= 11 is 1.57. The molecule has 1 saturated heterocycles. The average Bonchev–Trinajstić information content (AvgIpc) is 2.09. The summed E-state index contributed by atoms with van der Waals surface area (Å²) in [6, 6.07) is 0. The van der Waals surface area contributed by atoms with E-state index < -0.39 is 0 Å². The summed E-state index contributed by atoms with van der Waals surface area (Å²) < 4.78 is 4.46. The molecule has 0 radical (unpaired) electrons. The fraction of sp³-hybridized carbons (Fsp3) is 0.714. The van der Waals surface area contributed by atoms with Crippen molar-refractivity contribution in [2.75, 3.05) is 19.9 Å². The summed E-state index contributed by atoms with van der Waals surface area (Å²) in [5, 5.41) is 0.164. The molecule has 1 fully saturated rings. The predicted molar refractivity (Wildman–Crippen MR) is 45.6 cm³/mol. The Kier molecular flexibility index (Phi) is 2.97. The minimum Gasteiger partial charge on any atom is -0.468 e. The standard InChI is InChI=1S/C7H11NO3S/c1-11-7(10)4-8-5(9)3-6(8)12-2/h6H,3-4H2,1-2H3. The third kappa shape index (κ3) is 1.72. The second kappa shape index (κ2) is 3.80. The highest BCUT2D eigenvalue weighted by atomic mass is 32.2. The number of carbonyl (C=O) groups excluding carboxylic acids is 2. The SMILES string of the molecule is COC(=O)CN1C(=O)CC1SC. The smallest absolute Gasteiger partial charge is 0.325 e. The Morgan fingerprint density at radius 3 is 2.92 bits per heavy atom. The second-order valence-electron chi connectivity index (χ2n) is 2.49. The summed E-state index contributed by atoms with van der Waals surface area (Å²) in [4.78, 5) is 23.3. The van der Waals surface area contributed by atoms with E-state index in [1.54, 1.807) is 11.8 Å². The van der Waals surface area contributed by atoms with Crippen molar-refractivity contribution in [2.24, 2.45) is 0 Å². The van der Waals surface area contributed by atoms with Gasteiger partial charge in [-0.15, -0.1) is 11.8 Å². The molecule has 1 rings (SSSR count). The maximum atomic E-state index is 11.0. The Morgan fingerprint density at radius 1 is 1.83 bits per heavy atom. The Morgan fingerprint density at radius 2 is 2.50 bits per heavy atom. The molecule has 0 bridgehead atoms. The third-order valence-electron chi connectivity index (χ3n) is 1.82. The number of rotatable bonds is 3. The van der Waals surface area contributed by atoms with Crippen LogP contribution in [-0.4, -0.2) is 42.1 Å². The lowest BCUT2D eigenvalue weighted by molar-refractivity contribution is -0.152. The molecule has 1 aliphatic rings. The Labute approximate surface area is 75.2 Å². The van der Waals surface area contributed by atoms with Crippen molar-refractivity contribution in [1.29, 1.82) is 0 Å². The number of hydrogen-bond acceptors (Lipinski definition) is 4. The summed E-state index contributed by atoms with van der Waals surface area (Å²) in [5.74, 6) is -0.332. The Bertz CT molecular complexity index is 205. The van der Waals surface area contributed by atoms with Crippen LogP contribution in [0.15, 0.2) is 0 Å². The lowest BCUT2D eigenvalue weighted by Gasteiger charge is -2.38. The topological polar surface area (TPSA) is 46.6 Å². The molecular weight excluding hydrogens is 178 g/mol. The number of thioether (sulfide) groups is 1. The number of nitrogens with zero attached hydrogens (tertiary/aromatic N) is 1. The largest absolute Gasteiger partial charge is 0.468 e. The predicted octanol–water partition coefficient (Wildman–Crippen LogP) is 0.0808. The minimum atomic E-state index is -0.359. The number of β-lactam (4-membered cyclic amide) rings is 1. The molecule has 0 saturated carbocycles. The van der Waals surface area contributed by atoms with Crippen LogP contribution >= 0.6 is 11.8 Å². The molecule has 12 heavy (non-hydrogen) atoms. The van der Waals surface area contributed by atoms with Crippen LogP contribution in [0.5, 0.6) is 0 Å². The van der Waals surface area contributed by atoms with E-state index in [0.29, 0.717) is 6.42 Å². The zero-order chi connectivity index (χ0) is 9.14. The second-order valence-corrected chi connectivity index (χ2v) is 3.51. The van der Waals surface area contributed by atoms with Gasteiger partial charge >= 0.3 is 5.97 Å². The molecule has 4 nitrogen and oxygen atoms in total. The molecule has 1 aliphatic heterocycles. The third-order valence-corrected chi connectivity index (χ3v) is 2.78. The molecule has 1 amide bonds. The molecule has 1 unspecified atom stereocenters. The van der Waals surface area contributed by atoms with E-state index in [9.17, 15) is 9.59 Å². The van der Waals surface area contributed by atoms with E-state index in [2.05, 4.69) is 4.74 Å². The number of esters is 1. The molecule has 0 spiro atoms. The fourth-order valence-electron chi connectivity index (χ4n) is 1.03. The van der Waals surface area contributed by atoms with Gasteiger partial charge in [-0.1, -0.05) is 0 Å². The van der Waals surface area contributed by atoms with Crippen LogP contribution in [-0.2, 0) is 14.3 Å². The van der Waals surface area contributed by atoms with E-state index in [1.165, 1.54) is 12.0 Å². The summed E-state index contributed by atoms with van der Waals surface area (Å²) in [6.07, 6.45) is 2.46. The molecule has 0 aromatic heterocycles. The summed E-state index contributed by atoms with van der Waals surface area (Å²) in [7, 11) is 1.32. The monoisotopic (exact) mass is 189 g/mol. The van der Waals surface area contributed by atoms with Gasteiger partial charge in [-0.05, 0) is 6.26 Å². The first-order valence-electron chi connectivity index (χ1n) is 3.58. The average molecular weight is 189 g/mol. The zero-order valence-corrected chi connectivity index (χ0v) is 7.89. The van der Waals surface area contributed by atoms with Gasteiger partial charge in [0.2, 0.25) is 5.91 Å². The number of ether oxygens (including phenoxy) is 1. The lowest BCUT2D eigenvalue weighted by atomic mass is 10.2. The van der Waals surface area contributed by atoms with Crippen molar-refractivity contribution in [1.82, 2.24) is 4.90 Å². The van der Waals surface area contributed by atoms with Gasteiger partial charge in [-0.3, -0.25) is 9.59 Å². The normalized spacial score (nSPS) is 22.0. The van der Waals surface area contributed by atoms with Crippen molar-refractivity contribution in [3.05, 3.63) is 0 Å². The number of carbonyl (C=O) groups is 2. The first kappa shape index (κ1) is 9.38. The Hall–Kier alpha value is -0.710. The van der Waals surface area contributed by atoms with Crippen LogP contribution < -0.4 is 0 Å². The van der Waals surface area contributed by atoms with Crippen LogP contribution in [0.2, 0.25) is 0 Å². The van der Waals surface area contributed by atoms with Crippen molar-refractivity contribution < 1.29 is 14.3 Å². The van der Waals surface area contributed by atoms with Crippen molar-refractivity contribution >= 4 is 23.6 Å². The molecular formula is C7H11NO3S. The molecule has 0 aliphatic carbocycles. The molecule has 1 heterocycles. The lowest BCUT2D eigenvalue weighted by Crippen LogP contribution is -2.52.